The van der Waals surface area contributed by atoms with Crippen LogP contribution in [-0.4, -0.2) is 12.3 Å². The van der Waals surface area contributed by atoms with Crippen molar-refractivity contribution >= 4 is 8.03 Å². The van der Waals surface area contributed by atoms with Crippen molar-refractivity contribution < 1.29 is 9.09 Å². The van der Waals surface area contributed by atoms with Crippen LogP contribution in [0.2, 0.25) is 0 Å². The second-order valence-electron chi connectivity index (χ2n) is 2.49. The van der Waals surface area contributed by atoms with Crippen LogP contribution < -0.4 is 0 Å². The molecule has 0 N–H and O–H groups in total. The van der Waals surface area contributed by atoms with Gasteiger partial charge in [0, 0.05) is 6.42 Å². The minimum Gasteiger partial charge on any atom is -0.146 e. The average molecular weight is 175 g/mol. The molecule has 64 valence electrons. The molecular formula is C8H16O2P+. The topological polar surface area (TPSA) is 26.3 Å². The summed E-state index contributed by atoms with van der Waals surface area (Å²) in [4.78, 5) is 0. The van der Waals surface area contributed by atoms with E-state index in [1.807, 2.05) is 13.8 Å². The molecule has 2 atom stereocenters. The molecule has 0 bridgehead atoms. The van der Waals surface area contributed by atoms with Gasteiger partial charge in [-0.15, -0.1) is 11.1 Å². The molecule has 0 fully saturated rings. The van der Waals surface area contributed by atoms with E-state index in [0.29, 0.717) is 6.61 Å². The lowest BCUT2D eigenvalue weighted by Gasteiger charge is -1.93. The van der Waals surface area contributed by atoms with E-state index in [2.05, 4.69) is 6.58 Å². The minimum absolute atomic E-state index is 0.106. The average Bonchev–Trinajstić information content (AvgIpc) is 2.00. The van der Waals surface area contributed by atoms with E-state index in [-0.39, 0.29) is 5.66 Å². The van der Waals surface area contributed by atoms with Gasteiger partial charge < -0.3 is 0 Å². The van der Waals surface area contributed by atoms with Crippen molar-refractivity contribution in [3.63, 3.8) is 0 Å². The van der Waals surface area contributed by atoms with E-state index < -0.39 is 8.03 Å². The zero-order valence-corrected chi connectivity index (χ0v) is 8.14. The van der Waals surface area contributed by atoms with Gasteiger partial charge in [0.1, 0.15) is 6.61 Å². The van der Waals surface area contributed by atoms with Gasteiger partial charge in [0.15, 0.2) is 5.66 Å². The Morgan fingerprint density at radius 2 is 2.36 bits per heavy atom. The molecule has 0 spiro atoms. The summed E-state index contributed by atoms with van der Waals surface area (Å²) in [5.41, 5.74) is 0.106. The van der Waals surface area contributed by atoms with Gasteiger partial charge in [-0.05, 0) is 17.9 Å². The van der Waals surface area contributed by atoms with Crippen molar-refractivity contribution in [1.29, 1.82) is 0 Å². The molecule has 3 heteroatoms. The fourth-order valence-electron chi connectivity index (χ4n) is 0.636. The summed E-state index contributed by atoms with van der Waals surface area (Å²) >= 11 is 0. The Labute approximate surface area is 69.5 Å². The number of hydrogen-bond donors (Lipinski definition) is 0. The fourth-order valence-corrected chi connectivity index (χ4v) is 1.57. The van der Waals surface area contributed by atoms with Gasteiger partial charge in [-0.3, -0.25) is 0 Å². The molecule has 0 aromatic heterocycles. The first-order valence-corrected chi connectivity index (χ1v) is 5.17. The van der Waals surface area contributed by atoms with Crippen molar-refractivity contribution in [2.24, 2.45) is 0 Å². The Morgan fingerprint density at radius 1 is 1.73 bits per heavy atom. The Hall–Kier alpha value is -0.200. The molecule has 0 heterocycles. The zero-order valence-electron chi connectivity index (χ0n) is 7.25. The number of allylic oxidation sites excluding steroid dienone is 1. The quantitative estimate of drug-likeness (QED) is 0.458. The molecule has 2 unspecified atom stereocenters. The third kappa shape index (κ3) is 5.11. The fraction of sp³-hybridized carbons (Fsp3) is 0.750. The largest absolute Gasteiger partial charge is 0.511 e. The Kier molecular flexibility index (Phi) is 6.39. The highest BCUT2D eigenvalue weighted by Gasteiger charge is 2.25. The number of hydrogen-bond acceptors (Lipinski definition) is 2. The van der Waals surface area contributed by atoms with Gasteiger partial charge in [-0.25, -0.2) is 0 Å². The van der Waals surface area contributed by atoms with Gasteiger partial charge in [0.2, 0.25) is 0 Å². The Morgan fingerprint density at radius 3 is 2.82 bits per heavy atom. The Bertz CT molecular complexity index is 134. The van der Waals surface area contributed by atoms with Crippen LogP contribution in [0.5, 0.6) is 0 Å². The molecule has 0 aliphatic heterocycles. The SMILES string of the molecule is C=CCC(C)[P+](=O)OCCC. The molecule has 11 heavy (non-hydrogen) atoms. The molecule has 0 amide bonds. The zero-order chi connectivity index (χ0) is 8.69. The summed E-state index contributed by atoms with van der Waals surface area (Å²) in [7, 11) is -1.47. The molecule has 0 aliphatic carbocycles. The first-order chi connectivity index (χ1) is 5.22. The maximum atomic E-state index is 11.2. The van der Waals surface area contributed by atoms with Gasteiger partial charge in [0.25, 0.3) is 0 Å². The predicted octanol–water partition coefficient (Wildman–Crippen LogP) is 3.12. The molecular weight excluding hydrogens is 159 g/mol. The normalized spacial score (nSPS) is 14.2. The number of rotatable bonds is 6. The highest BCUT2D eigenvalue weighted by atomic mass is 31.1. The van der Waals surface area contributed by atoms with E-state index in [4.69, 9.17) is 4.52 Å². The summed E-state index contributed by atoms with van der Waals surface area (Å²) in [5.74, 6) is 0. The van der Waals surface area contributed by atoms with Crippen LogP contribution in [0.25, 0.3) is 0 Å². The van der Waals surface area contributed by atoms with Gasteiger partial charge in [-0.2, -0.15) is 0 Å². The summed E-state index contributed by atoms with van der Waals surface area (Å²) in [6.45, 7) is 8.09. The highest BCUT2D eigenvalue weighted by Crippen LogP contribution is 2.31. The molecule has 0 rings (SSSR count). The van der Waals surface area contributed by atoms with Crippen molar-refractivity contribution in [2.75, 3.05) is 6.61 Å². The van der Waals surface area contributed by atoms with E-state index in [1.165, 1.54) is 0 Å². The van der Waals surface area contributed by atoms with Crippen molar-refractivity contribution in [1.82, 2.24) is 0 Å². The highest BCUT2D eigenvalue weighted by molar-refractivity contribution is 7.40. The summed E-state index contributed by atoms with van der Waals surface area (Å²) < 4.78 is 16.2. The standard InChI is InChI=1S/C8H16O2P/c1-4-6-8(3)11(9)10-7-5-2/h4,8H,1,5-7H2,2-3H3/q+1. The van der Waals surface area contributed by atoms with Crippen LogP contribution in [0.4, 0.5) is 0 Å². The lowest BCUT2D eigenvalue weighted by molar-refractivity contribution is 0.324. The van der Waals surface area contributed by atoms with Gasteiger partial charge in [0.05, 0.1) is 0 Å². The van der Waals surface area contributed by atoms with Crippen molar-refractivity contribution in [3.8, 4) is 0 Å². The van der Waals surface area contributed by atoms with E-state index >= 15 is 0 Å². The molecule has 0 saturated heterocycles. The van der Waals surface area contributed by atoms with Crippen molar-refractivity contribution in [3.05, 3.63) is 12.7 Å². The summed E-state index contributed by atoms with van der Waals surface area (Å²) in [6, 6.07) is 0. The first-order valence-electron chi connectivity index (χ1n) is 3.92. The predicted molar refractivity (Wildman–Crippen MR) is 48.1 cm³/mol. The van der Waals surface area contributed by atoms with E-state index in [1.54, 1.807) is 6.08 Å². The first kappa shape index (κ1) is 10.8. The van der Waals surface area contributed by atoms with Crippen molar-refractivity contribution in [2.45, 2.75) is 32.3 Å². The third-order valence-electron chi connectivity index (χ3n) is 1.29. The summed E-state index contributed by atoms with van der Waals surface area (Å²) in [6.07, 6.45) is 3.45. The van der Waals surface area contributed by atoms with Crippen LogP contribution in [0.3, 0.4) is 0 Å². The van der Waals surface area contributed by atoms with Crippen LogP contribution >= 0.6 is 8.03 Å². The molecule has 0 aromatic rings. The third-order valence-corrected chi connectivity index (χ3v) is 2.66. The van der Waals surface area contributed by atoms with Gasteiger partial charge in [-0.1, -0.05) is 13.0 Å². The van der Waals surface area contributed by atoms with Gasteiger partial charge >= 0.3 is 8.03 Å². The van der Waals surface area contributed by atoms with Crippen LogP contribution in [-0.2, 0) is 9.09 Å². The monoisotopic (exact) mass is 175 g/mol. The maximum absolute atomic E-state index is 11.2. The minimum atomic E-state index is -1.47. The molecule has 0 saturated carbocycles. The van der Waals surface area contributed by atoms with Crippen LogP contribution in [0.1, 0.15) is 26.7 Å². The van der Waals surface area contributed by atoms with Crippen LogP contribution in [0.15, 0.2) is 12.7 Å². The maximum Gasteiger partial charge on any atom is 0.511 e. The molecule has 0 aliphatic rings. The second kappa shape index (κ2) is 6.51. The second-order valence-corrected chi connectivity index (χ2v) is 4.20. The molecule has 0 aromatic carbocycles. The molecule has 2 nitrogen and oxygen atoms in total. The summed E-state index contributed by atoms with van der Waals surface area (Å²) in [5, 5.41) is 0. The van der Waals surface area contributed by atoms with E-state index in [9.17, 15) is 4.57 Å². The lowest BCUT2D eigenvalue weighted by Crippen LogP contribution is -1.96. The van der Waals surface area contributed by atoms with Crippen LogP contribution in [0, 0.1) is 0 Å². The smallest absolute Gasteiger partial charge is 0.146 e. The molecule has 0 radical (unpaired) electrons. The lowest BCUT2D eigenvalue weighted by atomic mass is 10.3. The Balaban J connectivity index is 3.54. The van der Waals surface area contributed by atoms with E-state index in [0.717, 1.165) is 12.8 Å².